The second-order valence-electron chi connectivity index (χ2n) is 6.27. The number of hydrogen-bond acceptors (Lipinski definition) is 0. The molecule has 2 aliphatic carbocycles. The van der Waals surface area contributed by atoms with Crippen LogP contribution in [-0.4, -0.2) is 7.85 Å². The van der Waals surface area contributed by atoms with E-state index in [-0.39, 0.29) is 0 Å². The van der Waals surface area contributed by atoms with Crippen molar-refractivity contribution < 1.29 is 0 Å². The molecule has 2 rings (SSSR count). The third-order valence-corrected chi connectivity index (χ3v) is 4.68. The van der Waals surface area contributed by atoms with Crippen LogP contribution in [0, 0.1) is 11.8 Å². The molecule has 0 spiro atoms. The number of hydrogen-bond donors (Lipinski definition) is 0. The summed E-state index contributed by atoms with van der Waals surface area (Å²) in [6, 6.07) is 0. The molecule has 0 amide bonds. The van der Waals surface area contributed by atoms with Gasteiger partial charge in [-0.3, -0.25) is 0 Å². The van der Waals surface area contributed by atoms with Crippen LogP contribution >= 0.6 is 11.6 Å². The van der Waals surface area contributed by atoms with Gasteiger partial charge in [0.15, 0.2) is 0 Å². The van der Waals surface area contributed by atoms with E-state index in [1.807, 2.05) is 0 Å². The third-order valence-electron chi connectivity index (χ3n) is 4.31. The van der Waals surface area contributed by atoms with Gasteiger partial charge in [-0.2, -0.15) is 0 Å². The molecular weight excluding hydrogens is 250 g/mol. The van der Waals surface area contributed by atoms with Crippen molar-refractivity contribution >= 4 is 19.4 Å². The lowest BCUT2D eigenvalue weighted by atomic mass is 9.75. The average molecular weight is 275 g/mol. The molecule has 2 unspecified atom stereocenters. The Kier molecular flexibility index (Phi) is 5.39. The normalized spacial score (nSPS) is 27.9. The SMILES string of the molecule is [B]C1CC=C(CCC2C=CC(C(C)C)=C(Cl)C2)CC1. The molecule has 0 aromatic rings. The van der Waals surface area contributed by atoms with Gasteiger partial charge in [0.25, 0.3) is 0 Å². The van der Waals surface area contributed by atoms with Crippen molar-refractivity contribution in [3.8, 4) is 0 Å². The maximum atomic E-state index is 6.41. The van der Waals surface area contributed by atoms with Crippen LogP contribution in [-0.2, 0) is 0 Å². The second kappa shape index (κ2) is 6.84. The van der Waals surface area contributed by atoms with E-state index in [0.29, 0.717) is 17.7 Å². The Morgan fingerprint density at radius 3 is 2.79 bits per heavy atom. The summed E-state index contributed by atoms with van der Waals surface area (Å²) in [4.78, 5) is 0. The van der Waals surface area contributed by atoms with Gasteiger partial charge in [0, 0.05) is 5.03 Å². The summed E-state index contributed by atoms with van der Waals surface area (Å²) < 4.78 is 0. The first kappa shape index (κ1) is 15.0. The molecule has 2 aliphatic rings. The highest BCUT2D eigenvalue weighted by Crippen LogP contribution is 2.35. The molecular formula is C17H24BCl. The number of allylic oxidation sites excluding steroid dienone is 6. The van der Waals surface area contributed by atoms with Gasteiger partial charge in [-0.25, -0.2) is 0 Å². The molecule has 0 aromatic heterocycles. The van der Waals surface area contributed by atoms with Gasteiger partial charge in [0.05, 0.1) is 7.85 Å². The summed E-state index contributed by atoms with van der Waals surface area (Å²) >= 11 is 6.41. The molecule has 0 bridgehead atoms. The summed E-state index contributed by atoms with van der Waals surface area (Å²) in [6.07, 6.45) is 13.8. The van der Waals surface area contributed by atoms with Crippen LogP contribution in [0.5, 0.6) is 0 Å². The van der Waals surface area contributed by atoms with Gasteiger partial charge in [-0.05, 0) is 49.5 Å². The molecule has 2 radical (unpaired) electrons. The zero-order valence-electron chi connectivity index (χ0n) is 12.2. The fourth-order valence-corrected chi connectivity index (χ4v) is 3.44. The minimum absolute atomic E-state index is 0.393. The lowest BCUT2D eigenvalue weighted by molar-refractivity contribution is 0.558. The van der Waals surface area contributed by atoms with Crippen LogP contribution < -0.4 is 0 Å². The van der Waals surface area contributed by atoms with Crippen molar-refractivity contribution in [3.05, 3.63) is 34.4 Å². The van der Waals surface area contributed by atoms with Crippen LogP contribution in [0.3, 0.4) is 0 Å². The molecule has 19 heavy (non-hydrogen) atoms. The highest BCUT2D eigenvalue weighted by molar-refractivity contribution is 6.30. The maximum Gasteiger partial charge on any atom is 0.0703 e. The smallest absolute Gasteiger partial charge is 0.0703 e. The van der Waals surface area contributed by atoms with Gasteiger partial charge in [-0.1, -0.05) is 61.5 Å². The molecule has 0 saturated carbocycles. The highest BCUT2D eigenvalue weighted by Gasteiger charge is 2.18. The molecule has 0 heterocycles. The van der Waals surface area contributed by atoms with Crippen LogP contribution in [0.1, 0.15) is 52.4 Å². The fraction of sp³-hybridized carbons (Fsp3) is 0.647. The lowest BCUT2D eigenvalue weighted by Crippen LogP contribution is -2.07. The third kappa shape index (κ3) is 4.28. The molecule has 0 fully saturated rings. The van der Waals surface area contributed by atoms with E-state index in [4.69, 9.17) is 19.4 Å². The van der Waals surface area contributed by atoms with E-state index in [1.54, 1.807) is 5.57 Å². The first-order valence-electron chi connectivity index (χ1n) is 7.56. The average Bonchev–Trinajstić information content (AvgIpc) is 2.37. The Labute approximate surface area is 124 Å². The Morgan fingerprint density at radius 2 is 2.21 bits per heavy atom. The summed E-state index contributed by atoms with van der Waals surface area (Å²) in [7, 11) is 5.92. The fourth-order valence-electron chi connectivity index (χ4n) is 2.96. The van der Waals surface area contributed by atoms with E-state index >= 15 is 0 Å². The first-order valence-corrected chi connectivity index (χ1v) is 7.94. The van der Waals surface area contributed by atoms with Crippen LogP contribution in [0.2, 0.25) is 5.82 Å². The quantitative estimate of drug-likeness (QED) is 0.465. The molecule has 102 valence electrons. The Hall–Kier alpha value is -0.425. The Bertz CT molecular complexity index is 403. The van der Waals surface area contributed by atoms with Gasteiger partial charge < -0.3 is 0 Å². The van der Waals surface area contributed by atoms with Crippen LogP contribution in [0.4, 0.5) is 0 Å². The largest absolute Gasteiger partial charge is 0.0888 e. The van der Waals surface area contributed by atoms with E-state index < -0.39 is 0 Å². The van der Waals surface area contributed by atoms with Gasteiger partial charge in [0.1, 0.15) is 0 Å². The second-order valence-corrected chi connectivity index (χ2v) is 6.73. The topological polar surface area (TPSA) is 0 Å². The summed E-state index contributed by atoms with van der Waals surface area (Å²) in [5, 5.41) is 1.07. The molecule has 2 heteroatoms. The maximum absolute atomic E-state index is 6.41. The predicted octanol–water partition coefficient (Wildman–Crippen LogP) is 5.56. The van der Waals surface area contributed by atoms with E-state index in [1.165, 1.54) is 24.8 Å². The van der Waals surface area contributed by atoms with E-state index in [0.717, 1.165) is 24.3 Å². The van der Waals surface area contributed by atoms with Crippen molar-refractivity contribution in [2.75, 3.05) is 0 Å². The Morgan fingerprint density at radius 1 is 1.42 bits per heavy atom. The van der Waals surface area contributed by atoms with Crippen LogP contribution in [0.25, 0.3) is 0 Å². The highest BCUT2D eigenvalue weighted by atomic mass is 35.5. The first-order chi connectivity index (χ1) is 9.06. The van der Waals surface area contributed by atoms with E-state index in [2.05, 4.69) is 32.1 Å². The van der Waals surface area contributed by atoms with Crippen molar-refractivity contribution in [2.24, 2.45) is 11.8 Å². The van der Waals surface area contributed by atoms with E-state index in [9.17, 15) is 0 Å². The van der Waals surface area contributed by atoms with Gasteiger partial charge >= 0.3 is 0 Å². The zero-order valence-corrected chi connectivity index (χ0v) is 12.9. The molecule has 0 saturated heterocycles. The number of halogens is 1. The molecule has 0 N–H and O–H groups in total. The molecule has 0 aromatic carbocycles. The molecule has 0 nitrogen and oxygen atoms in total. The monoisotopic (exact) mass is 274 g/mol. The van der Waals surface area contributed by atoms with Gasteiger partial charge in [-0.15, -0.1) is 0 Å². The number of rotatable bonds is 4. The van der Waals surface area contributed by atoms with Crippen molar-refractivity contribution in [1.29, 1.82) is 0 Å². The minimum Gasteiger partial charge on any atom is -0.0888 e. The minimum atomic E-state index is 0.393. The summed E-state index contributed by atoms with van der Waals surface area (Å²) in [5.41, 5.74) is 2.92. The zero-order chi connectivity index (χ0) is 13.8. The van der Waals surface area contributed by atoms with Crippen molar-refractivity contribution in [3.63, 3.8) is 0 Å². The summed E-state index contributed by atoms with van der Waals surface area (Å²) in [6.45, 7) is 4.41. The standard InChI is InChI=1S/C17H24BCl/c1-12(2)16-10-7-14(11-17(16)19)4-3-13-5-8-15(18)9-6-13/h5,7,10,12,14-15H,3-4,6,8-9,11H2,1-2H3. The van der Waals surface area contributed by atoms with Crippen molar-refractivity contribution in [2.45, 2.75) is 58.2 Å². The Balaban J connectivity index is 1.82. The lowest BCUT2D eigenvalue weighted by Gasteiger charge is -2.23. The van der Waals surface area contributed by atoms with Gasteiger partial charge in [0.2, 0.25) is 0 Å². The predicted molar refractivity (Wildman–Crippen MR) is 85.6 cm³/mol. The molecule has 2 atom stereocenters. The molecule has 0 aliphatic heterocycles. The van der Waals surface area contributed by atoms with Crippen molar-refractivity contribution in [1.82, 2.24) is 0 Å². The van der Waals surface area contributed by atoms with Crippen LogP contribution in [0.15, 0.2) is 34.4 Å². The summed E-state index contributed by atoms with van der Waals surface area (Å²) in [5.74, 6) is 1.54.